The van der Waals surface area contributed by atoms with Gasteiger partial charge in [0.1, 0.15) is 7.89 Å². The first-order chi connectivity index (χ1) is 26.7. The number of allylic oxidation sites excluding steroid dienone is 1. The lowest BCUT2D eigenvalue weighted by Crippen LogP contribution is -2.55. The molecule has 0 radical (unpaired) electrons. The van der Waals surface area contributed by atoms with E-state index in [1.807, 2.05) is 6.08 Å². The maximum Gasteiger partial charge on any atom is 0.153 e. The summed E-state index contributed by atoms with van der Waals surface area (Å²) in [4.78, 5) is 16.1. The molecule has 57 heavy (non-hydrogen) atoms. The zero-order valence-corrected chi connectivity index (χ0v) is 41.1. The zero-order valence-electron chi connectivity index (χ0n) is 39.1. The number of hydrogen-bond acceptors (Lipinski definition) is 1. The summed E-state index contributed by atoms with van der Waals surface area (Å²) in [5, 5.41) is 4.75. The average Bonchev–Trinajstić information content (AvgIpc) is 3.14. The van der Waals surface area contributed by atoms with Crippen molar-refractivity contribution in [2.45, 2.75) is 178 Å². The Labute approximate surface area is 352 Å². The van der Waals surface area contributed by atoms with Gasteiger partial charge in [-0.1, -0.05) is 197 Å². The molecule has 1 nitrogen and oxygen atoms in total. The first-order valence-corrected chi connectivity index (χ1v) is 26.2. The largest absolute Gasteiger partial charge is 0.296 e. The van der Waals surface area contributed by atoms with Crippen molar-refractivity contribution in [1.82, 2.24) is 0 Å². The van der Waals surface area contributed by atoms with Gasteiger partial charge in [-0.2, -0.15) is 0 Å². The molecule has 306 valence electrons. The Hall–Kier alpha value is -3.28. The van der Waals surface area contributed by atoms with Crippen LogP contribution in [0, 0.1) is 0 Å². The molecule has 4 aromatic carbocycles. The predicted molar refractivity (Wildman–Crippen MR) is 257 cm³/mol. The fourth-order valence-corrected chi connectivity index (χ4v) is 19.8. The van der Waals surface area contributed by atoms with Crippen LogP contribution in [-0.2, 0) is 4.79 Å². The van der Waals surface area contributed by atoms with Gasteiger partial charge in [-0.05, 0) is 131 Å². The van der Waals surface area contributed by atoms with E-state index in [0.29, 0.717) is 46.8 Å². The van der Waals surface area contributed by atoms with Gasteiger partial charge in [0.15, 0.2) is 5.41 Å². The monoisotopic (exact) mass is 797 g/mol. The molecule has 0 amide bonds. The SMILES string of the molecule is CC(C)c1cc(C(C)C)c([Si](C(=O)/C=C/c2ccccc2)=[Si](c2c(C(C)C)cc(C(C)C)cc2C(C)C)c2c(C(C)C)cc(C(C)C)cc2C(C)C)c(C(C)C)c1. The van der Waals surface area contributed by atoms with Crippen molar-refractivity contribution in [1.29, 1.82) is 0 Å². The first kappa shape index (κ1) is 46.4. The van der Waals surface area contributed by atoms with Crippen LogP contribution in [0.4, 0.5) is 0 Å². The molecule has 4 aromatic rings. The second kappa shape index (κ2) is 19.7. The van der Waals surface area contributed by atoms with Gasteiger partial charge in [0, 0.05) is 0 Å². The average molecular weight is 797 g/mol. The molecule has 0 aliphatic rings. The highest BCUT2D eigenvalue weighted by Gasteiger charge is 2.34. The smallest absolute Gasteiger partial charge is 0.153 e. The van der Waals surface area contributed by atoms with E-state index in [0.717, 1.165) is 5.56 Å². The summed E-state index contributed by atoms with van der Waals surface area (Å²) in [6.45, 7) is 42.5. The van der Waals surface area contributed by atoms with Crippen molar-refractivity contribution >= 4 is 42.8 Å². The molecule has 0 atom stereocenters. The van der Waals surface area contributed by atoms with Gasteiger partial charge >= 0.3 is 0 Å². The minimum Gasteiger partial charge on any atom is -0.296 e. The fourth-order valence-electron chi connectivity index (χ4n) is 8.30. The van der Waals surface area contributed by atoms with Crippen LogP contribution in [0.2, 0.25) is 0 Å². The Balaban J connectivity index is 2.57. The molecule has 0 N–H and O–H groups in total. The van der Waals surface area contributed by atoms with E-state index in [-0.39, 0.29) is 11.8 Å². The summed E-state index contributed by atoms with van der Waals surface area (Å²) in [5.41, 5.74) is 13.9. The second-order valence-electron chi connectivity index (χ2n) is 19.5. The lowest BCUT2D eigenvalue weighted by atomic mass is 9.89. The zero-order chi connectivity index (χ0) is 42.6. The molecule has 4 rings (SSSR count). The third kappa shape index (κ3) is 10.5. The number of carbonyl (C=O) groups excluding carboxylic acids is 1. The standard InChI is InChI=1S/C54H76OSi2/c1-32(2)42-26-45(35(7)8)52(46(27-42)36(9)10)56(51(55)25-24-41-22-20-19-21-23-41)57(53-47(37(11)12)28-43(33(3)4)29-48(53)38(13)14)54-49(39(15)16)30-44(34(5)6)31-50(54)40(17)18/h19-40H,1-18H3/b25-24+. The highest BCUT2D eigenvalue weighted by Crippen LogP contribution is 2.31. The summed E-state index contributed by atoms with van der Waals surface area (Å²) in [5.74, 6) is 3.03. The van der Waals surface area contributed by atoms with Crippen molar-refractivity contribution in [2.75, 3.05) is 0 Å². The Morgan fingerprint density at radius 1 is 0.404 bits per heavy atom. The van der Waals surface area contributed by atoms with Gasteiger partial charge < -0.3 is 0 Å². The van der Waals surface area contributed by atoms with Gasteiger partial charge in [-0.25, -0.2) is 0 Å². The highest BCUT2D eigenvalue weighted by atomic mass is 28.9. The van der Waals surface area contributed by atoms with Crippen molar-refractivity contribution in [3.63, 3.8) is 0 Å². The molecular formula is C54H76OSi2. The van der Waals surface area contributed by atoms with E-state index >= 15 is 4.79 Å². The number of benzene rings is 4. The Morgan fingerprint density at radius 2 is 0.684 bits per heavy atom. The van der Waals surface area contributed by atoms with Crippen molar-refractivity contribution < 1.29 is 4.79 Å². The Bertz CT molecular complexity index is 1920. The summed E-state index contributed by atoms with van der Waals surface area (Å²) >= 11 is 0. The molecule has 0 unspecified atom stereocenters. The van der Waals surface area contributed by atoms with E-state index in [9.17, 15) is 0 Å². The molecule has 0 saturated carbocycles. The van der Waals surface area contributed by atoms with Crippen LogP contribution < -0.4 is 15.6 Å². The van der Waals surface area contributed by atoms with Crippen molar-refractivity contribution in [3.05, 3.63) is 128 Å². The molecule has 0 aliphatic heterocycles. The minimum absolute atomic E-state index is 0.278. The van der Waals surface area contributed by atoms with Gasteiger partial charge in [0.05, 0.1) is 7.89 Å². The normalized spacial score (nSPS) is 12.4. The van der Waals surface area contributed by atoms with Gasteiger partial charge in [-0.3, -0.25) is 4.79 Å². The molecule has 0 aromatic heterocycles. The molecule has 0 aliphatic carbocycles. The lowest BCUT2D eigenvalue weighted by Gasteiger charge is -2.32. The molecule has 0 bridgehead atoms. The van der Waals surface area contributed by atoms with Crippen LogP contribution in [0.5, 0.6) is 0 Å². The third-order valence-electron chi connectivity index (χ3n) is 11.9. The molecular weight excluding hydrogens is 721 g/mol. The second-order valence-corrected chi connectivity index (χ2v) is 26.0. The number of hydrogen-bond donors (Lipinski definition) is 0. The molecule has 0 heterocycles. The van der Waals surface area contributed by atoms with E-state index < -0.39 is 15.8 Å². The number of rotatable bonds is 15. The quantitative estimate of drug-likeness (QED) is 0.0865. The van der Waals surface area contributed by atoms with E-state index in [1.54, 1.807) is 0 Å². The maximum atomic E-state index is 16.1. The Kier molecular flexibility index (Phi) is 16.0. The van der Waals surface area contributed by atoms with Gasteiger partial charge in [0.2, 0.25) is 0 Å². The molecule has 0 spiro atoms. The summed E-state index contributed by atoms with van der Waals surface area (Å²) in [7, 11) is -3.83. The molecule has 0 fully saturated rings. The van der Waals surface area contributed by atoms with E-state index in [1.165, 1.54) is 65.6 Å². The Morgan fingerprint density at radius 3 is 0.947 bits per heavy atom. The topological polar surface area (TPSA) is 17.1 Å². The summed E-state index contributed by atoms with van der Waals surface area (Å²) < 4.78 is 0. The third-order valence-corrected chi connectivity index (χ3v) is 20.8. The minimum atomic E-state index is -2.01. The first-order valence-electron chi connectivity index (χ1n) is 22.2. The van der Waals surface area contributed by atoms with Crippen molar-refractivity contribution in [2.24, 2.45) is 0 Å². The summed E-state index contributed by atoms with van der Waals surface area (Å²) in [6.07, 6.45) is 4.10. The molecule has 0 saturated heterocycles. The molecule has 3 heteroatoms. The maximum absolute atomic E-state index is 16.1. The van der Waals surface area contributed by atoms with Crippen LogP contribution in [0.3, 0.4) is 0 Å². The number of carbonyl (C=O) groups is 1. The van der Waals surface area contributed by atoms with Crippen LogP contribution in [0.15, 0.2) is 72.8 Å². The van der Waals surface area contributed by atoms with E-state index in [4.69, 9.17) is 0 Å². The fraction of sp³-hybridized carbons (Fsp3) is 0.500. The lowest BCUT2D eigenvalue weighted by molar-refractivity contribution is -0.107. The van der Waals surface area contributed by atoms with Crippen molar-refractivity contribution in [3.8, 4) is 0 Å². The van der Waals surface area contributed by atoms with E-state index in [2.05, 4.69) is 197 Å². The van der Waals surface area contributed by atoms with Crippen LogP contribution in [0.25, 0.3) is 6.08 Å². The summed E-state index contributed by atoms with van der Waals surface area (Å²) in [6, 6.07) is 25.6. The van der Waals surface area contributed by atoms with Crippen LogP contribution >= 0.6 is 0 Å². The van der Waals surface area contributed by atoms with Crippen LogP contribution in [-0.4, -0.2) is 21.2 Å². The van der Waals surface area contributed by atoms with Gasteiger partial charge in [0.25, 0.3) is 0 Å². The predicted octanol–water partition coefficient (Wildman–Crippen LogP) is 13.7. The van der Waals surface area contributed by atoms with Gasteiger partial charge in [-0.15, -0.1) is 0 Å². The highest BCUT2D eigenvalue weighted by molar-refractivity contribution is 7.27. The van der Waals surface area contributed by atoms with Crippen LogP contribution in [0.1, 0.15) is 234 Å².